The third kappa shape index (κ3) is 4.72. The van der Waals surface area contributed by atoms with Crippen molar-refractivity contribution in [2.45, 2.75) is 12.8 Å². The van der Waals surface area contributed by atoms with Crippen LogP contribution in [0.2, 0.25) is 0 Å². The predicted molar refractivity (Wildman–Crippen MR) is 91.4 cm³/mol. The molecule has 1 N–H and O–H groups in total. The largest absolute Gasteiger partial charge is 0.325 e. The van der Waals surface area contributed by atoms with E-state index in [4.69, 9.17) is 0 Å². The number of amides is 1. The third-order valence-electron chi connectivity index (χ3n) is 3.75. The molecule has 1 heterocycles. The van der Waals surface area contributed by atoms with Gasteiger partial charge in [-0.1, -0.05) is 18.2 Å². The van der Waals surface area contributed by atoms with Gasteiger partial charge in [0.2, 0.25) is 5.91 Å². The Morgan fingerprint density at radius 2 is 1.52 bits per heavy atom. The molecular formula is C18H20N4O. The molecule has 1 fully saturated rings. The molecule has 1 aliphatic heterocycles. The van der Waals surface area contributed by atoms with Crippen LogP contribution in [0.5, 0.6) is 0 Å². The van der Waals surface area contributed by atoms with Gasteiger partial charge in [-0.25, -0.2) is 0 Å². The van der Waals surface area contributed by atoms with Crippen molar-refractivity contribution in [2.75, 3.05) is 25.0 Å². The Morgan fingerprint density at radius 3 is 2.17 bits per heavy atom. The summed E-state index contributed by atoms with van der Waals surface area (Å²) in [6.45, 7) is 2.51. The number of hydrogen-bond donors (Lipinski definition) is 1. The summed E-state index contributed by atoms with van der Waals surface area (Å²) in [6, 6.07) is 17.0. The van der Waals surface area contributed by atoms with Crippen LogP contribution >= 0.6 is 0 Å². The van der Waals surface area contributed by atoms with Gasteiger partial charge in [-0.15, -0.1) is 0 Å². The van der Waals surface area contributed by atoms with Crippen molar-refractivity contribution in [3.8, 4) is 0 Å². The number of carbonyl (C=O) groups excluding carboxylic acids is 1. The van der Waals surface area contributed by atoms with E-state index in [9.17, 15) is 4.79 Å². The van der Waals surface area contributed by atoms with Crippen LogP contribution in [0, 0.1) is 0 Å². The van der Waals surface area contributed by atoms with E-state index >= 15 is 0 Å². The van der Waals surface area contributed by atoms with Crippen LogP contribution in [0.3, 0.4) is 0 Å². The van der Waals surface area contributed by atoms with E-state index in [0.717, 1.165) is 30.2 Å². The normalized spacial score (nSPS) is 15.1. The maximum Gasteiger partial charge on any atom is 0.238 e. The van der Waals surface area contributed by atoms with Gasteiger partial charge in [-0.05, 0) is 62.3 Å². The van der Waals surface area contributed by atoms with E-state index in [0.29, 0.717) is 6.54 Å². The fourth-order valence-corrected chi connectivity index (χ4v) is 2.57. The Kier molecular flexibility index (Phi) is 5.11. The topological polar surface area (TPSA) is 57.1 Å². The standard InChI is InChI=1S/C18H20N4O/c23-18(14-22-12-4-5-13-22)19-15-8-10-17(11-9-15)21-20-16-6-2-1-3-7-16/h1-3,6-11H,4-5,12-14H2,(H,19,23). The summed E-state index contributed by atoms with van der Waals surface area (Å²) < 4.78 is 0. The maximum absolute atomic E-state index is 12.0. The fraction of sp³-hybridized carbons (Fsp3) is 0.278. The second-order valence-corrected chi connectivity index (χ2v) is 5.61. The summed E-state index contributed by atoms with van der Waals surface area (Å²) in [4.78, 5) is 14.1. The van der Waals surface area contributed by atoms with Crippen molar-refractivity contribution in [3.05, 3.63) is 54.6 Å². The molecule has 0 radical (unpaired) electrons. The molecule has 23 heavy (non-hydrogen) atoms. The van der Waals surface area contributed by atoms with Crippen molar-refractivity contribution >= 4 is 23.0 Å². The molecule has 118 valence electrons. The molecule has 1 aliphatic rings. The minimum absolute atomic E-state index is 0.0329. The van der Waals surface area contributed by atoms with Gasteiger partial charge >= 0.3 is 0 Å². The minimum atomic E-state index is 0.0329. The molecule has 2 aromatic rings. The highest BCUT2D eigenvalue weighted by Gasteiger charge is 2.14. The molecule has 1 amide bonds. The quantitative estimate of drug-likeness (QED) is 0.844. The molecule has 0 aromatic heterocycles. The summed E-state index contributed by atoms with van der Waals surface area (Å²) >= 11 is 0. The average molecular weight is 308 g/mol. The molecule has 1 saturated heterocycles. The highest BCUT2D eigenvalue weighted by molar-refractivity contribution is 5.92. The van der Waals surface area contributed by atoms with Gasteiger partial charge < -0.3 is 5.32 Å². The Labute approximate surface area is 136 Å². The SMILES string of the molecule is O=C(CN1CCCC1)Nc1ccc(N=Nc2ccccc2)cc1. The predicted octanol–water partition coefficient (Wildman–Crippen LogP) is 4.14. The first kappa shape index (κ1) is 15.4. The van der Waals surface area contributed by atoms with Gasteiger partial charge in [0.15, 0.2) is 0 Å². The monoisotopic (exact) mass is 308 g/mol. The van der Waals surface area contributed by atoms with Crippen LogP contribution in [0.4, 0.5) is 17.1 Å². The zero-order valence-electron chi connectivity index (χ0n) is 13.0. The zero-order chi connectivity index (χ0) is 15.9. The van der Waals surface area contributed by atoms with E-state index in [1.54, 1.807) is 0 Å². The third-order valence-corrected chi connectivity index (χ3v) is 3.75. The Morgan fingerprint density at radius 1 is 0.913 bits per heavy atom. The second kappa shape index (κ2) is 7.65. The van der Waals surface area contributed by atoms with Crippen LogP contribution in [-0.4, -0.2) is 30.4 Å². The van der Waals surface area contributed by atoms with E-state index in [1.807, 2.05) is 54.6 Å². The van der Waals surface area contributed by atoms with Gasteiger partial charge in [-0.3, -0.25) is 9.69 Å². The molecule has 5 nitrogen and oxygen atoms in total. The number of anilines is 1. The molecule has 0 unspecified atom stereocenters. The highest BCUT2D eigenvalue weighted by Crippen LogP contribution is 2.20. The Bertz CT molecular complexity index is 661. The lowest BCUT2D eigenvalue weighted by Crippen LogP contribution is -2.30. The van der Waals surface area contributed by atoms with Crippen LogP contribution in [0.15, 0.2) is 64.8 Å². The lowest BCUT2D eigenvalue weighted by Gasteiger charge is -2.14. The minimum Gasteiger partial charge on any atom is -0.325 e. The number of benzene rings is 2. The molecule has 0 saturated carbocycles. The first-order valence-electron chi connectivity index (χ1n) is 7.89. The number of rotatable bonds is 5. The van der Waals surface area contributed by atoms with Gasteiger partial charge in [0.05, 0.1) is 17.9 Å². The van der Waals surface area contributed by atoms with Crippen molar-refractivity contribution in [2.24, 2.45) is 10.2 Å². The summed E-state index contributed by atoms with van der Waals surface area (Å²) in [6.07, 6.45) is 2.38. The molecule has 5 heteroatoms. The number of carbonyl (C=O) groups is 1. The molecule has 2 aromatic carbocycles. The van der Waals surface area contributed by atoms with Gasteiger partial charge in [0.1, 0.15) is 0 Å². The Balaban J connectivity index is 1.54. The molecule has 0 spiro atoms. The number of nitrogens with one attached hydrogen (secondary N) is 1. The second-order valence-electron chi connectivity index (χ2n) is 5.61. The van der Waals surface area contributed by atoms with Crippen molar-refractivity contribution in [1.29, 1.82) is 0 Å². The lowest BCUT2D eigenvalue weighted by atomic mass is 10.3. The van der Waals surface area contributed by atoms with Crippen LogP contribution in [0.25, 0.3) is 0 Å². The molecule has 0 atom stereocenters. The van der Waals surface area contributed by atoms with Crippen molar-refractivity contribution < 1.29 is 4.79 Å². The zero-order valence-corrected chi connectivity index (χ0v) is 13.0. The van der Waals surface area contributed by atoms with E-state index in [-0.39, 0.29) is 5.91 Å². The fourth-order valence-electron chi connectivity index (χ4n) is 2.57. The first-order chi connectivity index (χ1) is 11.3. The van der Waals surface area contributed by atoms with Crippen LogP contribution in [-0.2, 0) is 4.79 Å². The van der Waals surface area contributed by atoms with E-state index in [2.05, 4.69) is 20.4 Å². The Hall–Kier alpha value is -2.53. The van der Waals surface area contributed by atoms with E-state index < -0.39 is 0 Å². The van der Waals surface area contributed by atoms with Crippen molar-refractivity contribution in [3.63, 3.8) is 0 Å². The first-order valence-corrected chi connectivity index (χ1v) is 7.89. The summed E-state index contributed by atoms with van der Waals surface area (Å²) in [5.41, 5.74) is 2.36. The van der Waals surface area contributed by atoms with E-state index in [1.165, 1.54) is 12.8 Å². The molecule has 3 rings (SSSR count). The molecule has 0 bridgehead atoms. The molecule has 0 aliphatic carbocycles. The highest BCUT2D eigenvalue weighted by atomic mass is 16.2. The van der Waals surface area contributed by atoms with Crippen LogP contribution in [0.1, 0.15) is 12.8 Å². The maximum atomic E-state index is 12.0. The number of nitrogens with zero attached hydrogens (tertiary/aromatic N) is 3. The summed E-state index contributed by atoms with van der Waals surface area (Å²) in [7, 11) is 0. The van der Waals surface area contributed by atoms with Gasteiger partial charge in [0, 0.05) is 5.69 Å². The van der Waals surface area contributed by atoms with Crippen molar-refractivity contribution in [1.82, 2.24) is 4.90 Å². The number of azo groups is 1. The van der Waals surface area contributed by atoms with Gasteiger partial charge in [-0.2, -0.15) is 10.2 Å². The van der Waals surface area contributed by atoms with Gasteiger partial charge in [0.25, 0.3) is 0 Å². The summed E-state index contributed by atoms with van der Waals surface area (Å²) in [5, 5.41) is 11.3. The number of likely N-dealkylation sites (tertiary alicyclic amines) is 1. The lowest BCUT2D eigenvalue weighted by molar-refractivity contribution is -0.117. The molecular weight excluding hydrogens is 288 g/mol. The van der Waals surface area contributed by atoms with Crippen LogP contribution < -0.4 is 5.32 Å². The number of hydrogen-bond acceptors (Lipinski definition) is 4. The smallest absolute Gasteiger partial charge is 0.238 e. The average Bonchev–Trinajstić information content (AvgIpc) is 3.08. The summed E-state index contributed by atoms with van der Waals surface area (Å²) in [5.74, 6) is 0.0329.